The zero-order valence-electron chi connectivity index (χ0n) is 13.9. The SMILES string of the molecule is CCC1(C)C(C)CC2CC(C)(C2C)C(C)(C)C1C. The summed E-state index contributed by atoms with van der Waals surface area (Å²) in [5.74, 6) is 3.58. The van der Waals surface area contributed by atoms with Crippen molar-refractivity contribution in [2.24, 2.45) is 39.9 Å². The van der Waals surface area contributed by atoms with Gasteiger partial charge < -0.3 is 0 Å². The maximum absolute atomic E-state index is 2.57. The molecule has 0 amide bonds. The van der Waals surface area contributed by atoms with Crippen LogP contribution in [0.3, 0.4) is 0 Å². The second-order valence-electron chi connectivity index (χ2n) is 8.61. The van der Waals surface area contributed by atoms with Gasteiger partial charge in [-0.15, -0.1) is 0 Å². The fraction of sp³-hybridized carbons (Fsp3) is 1.00. The van der Waals surface area contributed by atoms with Gasteiger partial charge in [-0.05, 0) is 52.8 Å². The van der Waals surface area contributed by atoms with Gasteiger partial charge in [0.15, 0.2) is 0 Å². The molecule has 2 bridgehead atoms. The van der Waals surface area contributed by atoms with E-state index >= 15 is 0 Å². The molecule has 106 valence electrons. The zero-order chi connectivity index (χ0) is 13.9. The molecule has 0 radical (unpaired) electrons. The van der Waals surface area contributed by atoms with Gasteiger partial charge in [0.25, 0.3) is 0 Å². The molecule has 0 aromatic carbocycles. The summed E-state index contributed by atoms with van der Waals surface area (Å²) in [5, 5.41) is 0. The molecule has 3 aliphatic carbocycles. The van der Waals surface area contributed by atoms with E-state index in [0.29, 0.717) is 16.2 Å². The summed E-state index contributed by atoms with van der Waals surface area (Å²) in [7, 11) is 0. The van der Waals surface area contributed by atoms with Crippen molar-refractivity contribution in [2.45, 2.75) is 74.7 Å². The summed E-state index contributed by atoms with van der Waals surface area (Å²) in [5.41, 5.74) is 1.54. The Balaban J connectivity index is 2.45. The molecule has 3 saturated carbocycles. The molecule has 0 N–H and O–H groups in total. The summed E-state index contributed by atoms with van der Waals surface area (Å²) in [6.07, 6.45) is 4.26. The van der Waals surface area contributed by atoms with Crippen molar-refractivity contribution in [3.05, 3.63) is 0 Å². The quantitative estimate of drug-likeness (QED) is 0.554. The molecule has 0 heteroatoms. The first-order chi connectivity index (χ1) is 8.11. The molecule has 6 atom stereocenters. The smallest absolute Gasteiger partial charge is 0.0241 e. The largest absolute Gasteiger partial charge is 0.0648 e. The molecule has 0 saturated heterocycles. The standard InChI is InChI=1S/C18H34/c1-9-17(7)12(2)10-15-11-18(8,13(15)3)16(5,6)14(17)4/h12-15H,9-11H2,1-8H3. The highest BCUT2D eigenvalue weighted by Gasteiger charge is 2.62. The fourth-order valence-corrected chi connectivity index (χ4v) is 5.53. The topological polar surface area (TPSA) is 0 Å². The molecule has 0 spiro atoms. The molecule has 3 aliphatic rings. The molecule has 0 aromatic heterocycles. The monoisotopic (exact) mass is 250 g/mol. The van der Waals surface area contributed by atoms with Crippen LogP contribution in [-0.2, 0) is 0 Å². The van der Waals surface area contributed by atoms with Crippen LogP contribution in [0, 0.1) is 39.9 Å². The summed E-state index contributed by atoms with van der Waals surface area (Å²) < 4.78 is 0. The minimum Gasteiger partial charge on any atom is -0.0648 e. The van der Waals surface area contributed by atoms with Crippen LogP contribution in [0.25, 0.3) is 0 Å². The highest BCUT2D eigenvalue weighted by atomic mass is 14.7. The molecule has 0 heterocycles. The Morgan fingerprint density at radius 3 is 2.00 bits per heavy atom. The van der Waals surface area contributed by atoms with Crippen molar-refractivity contribution in [1.29, 1.82) is 0 Å². The highest BCUT2D eigenvalue weighted by Crippen LogP contribution is 2.69. The lowest BCUT2D eigenvalue weighted by molar-refractivity contribution is -0.192. The Labute approximate surface area is 115 Å². The van der Waals surface area contributed by atoms with Crippen molar-refractivity contribution in [3.8, 4) is 0 Å². The summed E-state index contributed by atoms with van der Waals surface area (Å²) >= 11 is 0. The number of hydrogen-bond donors (Lipinski definition) is 0. The van der Waals surface area contributed by atoms with E-state index in [-0.39, 0.29) is 0 Å². The molecule has 18 heavy (non-hydrogen) atoms. The summed E-state index contributed by atoms with van der Waals surface area (Å²) in [6, 6.07) is 0. The minimum atomic E-state index is 0.461. The number of hydrogen-bond acceptors (Lipinski definition) is 0. The van der Waals surface area contributed by atoms with Gasteiger partial charge in [0.05, 0.1) is 0 Å². The number of rotatable bonds is 1. The first-order valence-electron chi connectivity index (χ1n) is 8.11. The van der Waals surface area contributed by atoms with Crippen molar-refractivity contribution in [1.82, 2.24) is 0 Å². The molecular formula is C18H34. The van der Waals surface area contributed by atoms with Crippen LogP contribution < -0.4 is 0 Å². The first kappa shape index (κ1) is 14.4. The van der Waals surface area contributed by atoms with Crippen molar-refractivity contribution in [3.63, 3.8) is 0 Å². The lowest BCUT2D eigenvalue weighted by Crippen LogP contribution is -2.61. The van der Waals surface area contributed by atoms with E-state index in [4.69, 9.17) is 0 Å². The third kappa shape index (κ3) is 1.50. The molecule has 0 aliphatic heterocycles. The average molecular weight is 250 g/mol. The third-order valence-electron chi connectivity index (χ3n) is 8.49. The average Bonchev–Trinajstić information content (AvgIpc) is 2.34. The molecule has 0 nitrogen and oxygen atoms in total. The van der Waals surface area contributed by atoms with Gasteiger partial charge in [0, 0.05) is 0 Å². The third-order valence-corrected chi connectivity index (χ3v) is 8.49. The van der Waals surface area contributed by atoms with Crippen LogP contribution in [0.5, 0.6) is 0 Å². The van der Waals surface area contributed by atoms with E-state index < -0.39 is 0 Å². The van der Waals surface area contributed by atoms with Gasteiger partial charge >= 0.3 is 0 Å². The second kappa shape index (κ2) is 4.00. The van der Waals surface area contributed by atoms with Crippen LogP contribution in [0.15, 0.2) is 0 Å². The highest BCUT2D eigenvalue weighted by molar-refractivity contribution is 5.10. The van der Waals surface area contributed by atoms with Crippen molar-refractivity contribution in [2.75, 3.05) is 0 Å². The Kier molecular flexibility index (Phi) is 3.20. The molecule has 6 unspecified atom stereocenters. The predicted molar refractivity (Wildman–Crippen MR) is 80.5 cm³/mol. The molecule has 3 fully saturated rings. The Morgan fingerprint density at radius 1 is 1.00 bits per heavy atom. The van der Waals surface area contributed by atoms with E-state index in [1.165, 1.54) is 19.3 Å². The van der Waals surface area contributed by atoms with Crippen LogP contribution in [-0.4, -0.2) is 0 Å². The van der Waals surface area contributed by atoms with Crippen LogP contribution in [0.4, 0.5) is 0 Å². The molecular weight excluding hydrogens is 216 g/mol. The van der Waals surface area contributed by atoms with Gasteiger partial charge in [-0.3, -0.25) is 0 Å². The van der Waals surface area contributed by atoms with Gasteiger partial charge in [-0.25, -0.2) is 0 Å². The maximum atomic E-state index is 2.57. The van der Waals surface area contributed by atoms with Gasteiger partial charge in [-0.1, -0.05) is 61.8 Å². The number of fused-ring (bicyclic) bond motifs is 4. The fourth-order valence-electron chi connectivity index (χ4n) is 5.53. The summed E-state index contributed by atoms with van der Waals surface area (Å²) in [4.78, 5) is 0. The lowest BCUT2D eigenvalue weighted by atomic mass is 9.37. The second-order valence-corrected chi connectivity index (χ2v) is 8.61. The van der Waals surface area contributed by atoms with Crippen molar-refractivity contribution >= 4 is 0 Å². The van der Waals surface area contributed by atoms with Gasteiger partial charge in [-0.2, -0.15) is 0 Å². The minimum absolute atomic E-state index is 0.461. The molecule has 3 rings (SSSR count). The first-order valence-corrected chi connectivity index (χ1v) is 8.11. The Bertz CT molecular complexity index is 329. The Hall–Kier alpha value is 0. The maximum Gasteiger partial charge on any atom is -0.0241 e. The zero-order valence-corrected chi connectivity index (χ0v) is 13.9. The van der Waals surface area contributed by atoms with Crippen molar-refractivity contribution < 1.29 is 0 Å². The van der Waals surface area contributed by atoms with Crippen LogP contribution in [0.2, 0.25) is 0 Å². The van der Waals surface area contributed by atoms with Gasteiger partial charge in [0.2, 0.25) is 0 Å². The predicted octanol–water partition coefficient (Wildman–Crippen LogP) is 5.77. The van der Waals surface area contributed by atoms with Crippen LogP contribution in [0.1, 0.15) is 74.7 Å². The normalized spacial score (nSPS) is 55.3. The summed E-state index contributed by atoms with van der Waals surface area (Å²) in [6.45, 7) is 20.2. The Morgan fingerprint density at radius 2 is 1.56 bits per heavy atom. The van der Waals surface area contributed by atoms with E-state index in [9.17, 15) is 0 Å². The molecule has 0 aromatic rings. The van der Waals surface area contributed by atoms with Crippen LogP contribution >= 0.6 is 0 Å². The van der Waals surface area contributed by atoms with E-state index in [0.717, 1.165) is 23.7 Å². The lowest BCUT2D eigenvalue weighted by Gasteiger charge is -2.68. The van der Waals surface area contributed by atoms with E-state index in [2.05, 4.69) is 55.4 Å². The van der Waals surface area contributed by atoms with Gasteiger partial charge in [0.1, 0.15) is 0 Å². The van der Waals surface area contributed by atoms with E-state index in [1.807, 2.05) is 0 Å². The van der Waals surface area contributed by atoms with E-state index in [1.54, 1.807) is 0 Å².